The van der Waals surface area contributed by atoms with Gasteiger partial charge >= 0.3 is 0 Å². The maximum absolute atomic E-state index is 14.2. The minimum absolute atomic E-state index is 0.101. The van der Waals surface area contributed by atoms with Gasteiger partial charge in [0.25, 0.3) is 0 Å². The Labute approximate surface area is 218 Å². The van der Waals surface area contributed by atoms with Crippen molar-refractivity contribution < 1.29 is 9.13 Å². The summed E-state index contributed by atoms with van der Waals surface area (Å²) in [5.74, 6) is 1.51. The van der Waals surface area contributed by atoms with Gasteiger partial charge in [-0.2, -0.15) is 0 Å². The van der Waals surface area contributed by atoms with Gasteiger partial charge in [0.05, 0.1) is 0 Å². The molecule has 3 aromatic rings. The lowest BCUT2D eigenvalue weighted by atomic mass is 9.78. The monoisotopic (exact) mass is 486 g/mol. The summed E-state index contributed by atoms with van der Waals surface area (Å²) in [6.07, 6.45) is 17.5. The average molecular weight is 487 g/mol. The summed E-state index contributed by atoms with van der Waals surface area (Å²) in [4.78, 5) is 0. The van der Waals surface area contributed by atoms with Crippen LogP contribution in [0.25, 0.3) is 29.9 Å². The average Bonchev–Trinajstić information content (AvgIpc) is 2.94. The molecule has 1 heterocycles. The fourth-order valence-corrected chi connectivity index (χ4v) is 5.70. The first-order chi connectivity index (χ1) is 18.1. The first kappa shape index (κ1) is 23.5. The fraction of sp³-hybridized carbons (Fsp3) is 0.200. The topological polar surface area (TPSA) is 9.23 Å². The van der Waals surface area contributed by atoms with Gasteiger partial charge in [-0.1, -0.05) is 103 Å². The molecular formula is C35H31FO. The Bertz CT molecular complexity index is 1620. The number of para-hydroxylation sites is 1. The summed E-state index contributed by atoms with van der Waals surface area (Å²) in [5.41, 5.74) is 8.82. The molecule has 184 valence electrons. The van der Waals surface area contributed by atoms with E-state index >= 15 is 0 Å². The minimum atomic E-state index is -0.101. The Kier molecular flexibility index (Phi) is 6.26. The van der Waals surface area contributed by atoms with Gasteiger partial charge in [0, 0.05) is 11.5 Å². The van der Waals surface area contributed by atoms with Crippen LogP contribution in [0.4, 0.5) is 4.39 Å². The zero-order valence-corrected chi connectivity index (χ0v) is 21.4. The predicted molar refractivity (Wildman–Crippen MR) is 153 cm³/mol. The second-order valence-corrected chi connectivity index (χ2v) is 10.2. The van der Waals surface area contributed by atoms with Crippen molar-refractivity contribution in [3.63, 3.8) is 0 Å². The van der Waals surface area contributed by atoms with E-state index in [4.69, 9.17) is 4.74 Å². The largest absolute Gasteiger partial charge is 0.489 e. The van der Waals surface area contributed by atoms with Crippen molar-refractivity contribution in [1.82, 2.24) is 0 Å². The van der Waals surface area contributed by atoms with E-state index in [0.717, 1.165) is 24.2 Å². The molecule has 2 heteroatoms. The number of rotatable bonds is 1. The Morgan fingerprint density at radius 3 is 2.59 bits per heavy atom. The van der Waals surface area contributed by atoms with Gasteiger partial charge in [0.2, 0.25) is 0 Å². The number of allylic oxidation sites excluding steroid dienone is 5. The van der Waals surface area contributed by atoms with Crippen molar-refractivity contribution in [2.24, 2.45) is 5.92 Å². The van der Waals surface area contributed by atoms with Crippen LogP contribution < -0.4 is 15.2 Å². The van der Waals surface area contributed by atoms with Crippen molar-refractivity contribution in [3.05, 3.63) is 129 Å². The molecule has 2 atom stereocenters. The summed E-state index contributed by atoms with van der Waals surface area (Å²) in [5, 5.41) is 2.75. The lowest BCUT2D eigenvalue weighted by Crippen LogP contribution is -2.34. The van der Waals surface area contributed by atoms with Crippen LogP contribution in [0.3, 0.4) is 0 Å². The van der Waals surface area contributed by atoms with Gasteiger partial charge in [-0.25, -0.2) is 4.39 Å². The molecule has 0 radical (unpaired) electrons. The van der Waals surface area contributed by atoms with Gasteiger partial charge in [-0.15, -0.1) is 0 Å². The molecule has 37 heavy (non-hydrogen) atoms. The van der Waals surface area contributed by atoms with Crippen LogP contribution in [0.1, 0.15) is 54.9 Å². The summed E-state index contributed by atoms with van der Waals surface area (Å²) in [6.45, 7) is 5.18. The second kappa shape index (κ2) is 9.86. The van der Waals surface area contributed by atoms with E-state index in [-0.39, 0.29) is 11.7 Å². The third-order valence-electron chi connectivity index (χ3n) is 7.88. The van der Waals surface area contributed by atoms with Crippen LogP contribution >= 0.6 is 0 Å². The molecular weight excluding hydrogens is 455 g/mol. The summed E-state index contributed by atoms with van der Waals surface area (Å²) >= 11 is 0. The van der Waals surface area contributed by atoms with Crippen molar-refractivity contribution in [1.29, 1.82) is 0 Å². The van der Waals surface area contributed by atoms with Crippen LogP contribution in [-0.2, 0) is 0 Å². The smallest absolute Gasteiger partial charge is 0.127 e. The van der Waals surface area contributed by atoms with Crippen LogP contribution in [0.15, 0.2) is 90.0 Å². The Balaban J connectivity index is 0.000000210. The SMILES string of the molecule is C1=Cc2ccccc2OC1.CC1=Cc2ccc3c(c2=CC1C)=CCC1=C3C=CC(c2ccccc2F)C1. The van der Waals surface area contributed by atoms with Crippen molar-refractivity contribution in [2.45, 2.75) is 32.6 Å². The Morgan fingerprint density at radius 2 is 1.73 bits per heavy atom. The highest BCUT2D eigenvalue weighted by Gasteiger charge is 2.23. The highest BCUT2D eigenvalue weighted by Crippen LogP contribution is 2.38. The summed E-state index contributed by atoms with van der Waals surface area (Å²) < 4.78 is 19.6. The number of fused-ring (bicyclic) bond motifs is 5. The molecule has 4 aliphatic rings. The molecule has 3 aliphatic carbocycles. The van der Waals surface area contributed by atoms with Crippen LogP contribution in [0, 0.1) is 11.7 Å². The van der Waals surface area contributed by atoms with Gasteiger partial charge in [0.1, 0.15) is 18.2 Å². The van der Waals surface area contributed by atoms with Crippen molar-refractivity contribution in [3.8, 4) is 5.75 Å². The van der Waals surface area contributed by atoms with Crippen LogP contribution in [-0.4, -0.2) is 6.61 Å². The molecule has 2 unspecified atom stereocenters. The molecule has 1 nitrogen and oxygen atoms in total. The molecule has 7 rings (SSSR count). The van der Waals surface area contributed by atoms with Gasteiger partial charge in [-0.05, 0) is 76.6 Å². The molecule has 0 saturated heterocycles. The molecule has 0 spiro atoms. The molecule has 0 amide bonds. The molecule has 3 aromatic carbocycles. The number of benzene rings is 3. The van der Waals surface area contributed by atoms with E-state index in [1.807, 2.05) is 42.5 Å². The predicted octanol–water partition coefficient (Wildman–Crippen LogP) is 7.43. The van der Waals surface area contributed by atoms with E-state index in [0.29, 0.717) is 12.5 Å². The molecule has 1 aliphatic heterocycles. The zero-order chi connectivity index (χ0) is 25.4. The van der Waals surface area contributed by atoms with Crippen molar-refractivity contribution >= 4 is 29.9 Å². The van der Waals surface area contributed by atoms with E-state index < -0.39 is 0 Å². The first-order valence-corrected chi connectivity index (χ1v) is 13.1. The third-order valence-corrected chi connectivity index (χ3v) is 7.88. The van der Waals surface area contributed by atoms with Gasteiger partial charge in [0.15, 0.2) is 0 Å². The molecule has 0 fully saturated rings. The minimum Gasteiger partial charge on any atom is -0.489 e. The van der Waals surface area contributed by atoms with E-state index in [1.54, 1.807) is 12.1 Å². The standard InChI is InChI=1S/C26H23F.C9H8O/c1-16-13-18-8-11-23-21-10-7-20(22-5-3-4-6-26(22)27)15-19(21)9-12-24(23)25(18)14-17(16)2;1-2-6-9-8(4-1)5-3-7-10-9/h3-8,10-14,17,20H,9,15H2,1-2H3;1-6H,7H2. The Morgan fingerprint density at radius 1 is 0.892 bits per heavy atom. The number of hydrogen-bond donors (Lipinski definition) is 0. The number of ether oxygens (including phenoxy) is 1. The summed E-state index contributed by atoms with van der Waals surface area (Å²) in [6, 6.07) is 19.7. The number of halogens is 1. The number of hydrogen-bond acceptors (Lipinski definition) is 1. The van der Waals surface area contributed by atoms with Crippen LogP contribution in [0.5, 0.6) is 5.75 Å². The fourth-order valence-electron chi connectivity index (χ4n) is 5.70. The maximum Gasteiger partial charge on any atom is 0.127 e. The van der Waals surface area contributed by atoms with E-state index in [1.165, 1.54) is 43.8 Å². The zero-order valence-electron chi connectivity index (χ0n) is 21.4. The Hall–Kier alpha value is -3.91. The normalized spacial score (nSPS) is 20.5. The molecule has 0 saturated carbocycles. The maximum atomic E-state index is 14.2. The highest BCUT2D eigenvalue weighted by molar-refractivity contribution is 5.83. The van der Waals surface area contributed by atoms with Gasteiger partial charge in [-0.3, -0.25) is 0 Å². The third kappa shape index (κ3) is 4.53. The van der Waals surface area contributed by atoms with Gasteiger partial charge < -0.3 is 4.74 Å². The van der Waals surface area contributed by atoms with E-state index in [2.05, 4.69) is 62.4 Å². The molecule has 0 aromatic heterocycles. The lowest BCUT2D eigenvalue weighted by Gasteiger charge is -2.26. The molecule has 0 N–H and O–H groups in total. The van der Waals surface area contributed by atoms with Crippen LogP contribution in [0.2, 0.25) is 0 Å². The highest BCUT2D eigenvalue weighted by atomic mass is 19.1. The van der Waals surface area contributed by atoms with Crippen molar-refractivity contribution in [2.75, 3.05) is 6.61 Å². The van der Waals surface area contributed by atoms with E-state index in [9.17, 15) is 4.39 Å². The quantitative estimate of drug-likeness (QED) is 0.347. The summed E-state index contributed by atoms with van der Waals surface area (Å²) in [7, 11) is 0. The lowest BCUT2D eigenvalue weighted by molar-refractivity contribution is 0.358. The first-order valence-electron chi connectivity index (χ1n) is 13.1. The second-order valence-electron chi connectivity index (χ2n) is 10.2. The molecule has 0 bridgehead atoms.